The van der Waals surface area contributed by atoms with Gasteiger partial charge in [0.1, 0.15) is 6.04 Å². The quantitative estimate of drug-likeness (QED) is 0.699. The van der Waals surface area contributed by atoms with Crippen LogP contribution in [-0.4, -0.2) is 26.7 Å². The molecule has 6 nitrogen and oxygen atoms in total. The highest BCUT2D eigenvalue weighted by Crippen LogP contribution is 2.41. The molecular weight excluding hydrogens is 352 g/mol. The molecule has 130 valence electrons. The molecule has 3 aromatic rings. The van der Waals surface area contributed by atoms with Crippen molar-refractivity contribution < 1.29 is 19.1 Å². The molecule has 4 heterocycles. The van der Waals surface area contributed by atoms with Crippen molar-refractivity contribution in [2.24, 2.45) is 0 Å². The Balaban J connectivity index is 1.77. The van der Waals surface area contributed by atoms with Crippen LogP contribution in [0.1, 0.15) is 27.0 Å². The van der Waals surface area contributed by atoms with E-state index >= 15 is 0 Å². The van der Waals surface area contributed by atoms with Crippen molar-refractivity contribution in [3.05, 3.63) is 88.0 Å². The van der Waals surface area contributed by atoms with Gasteiger partial charge in [-0.15, -0.1) is 11.3 Å². The van der Waals surface area contributed by atoms with E-state index in [2.05, 4.69) is 4.98 Å². The second-order valence-electron chi connectivity index (χ2n) is 5.78. The van der Waals surface area contributed by atoms with Crippen molar-refractivity contribution in [1.82, 2.24) is 9.88 Å². The van der Waals surface area contributed by atoms with E-state index in [0.717, 1.165) is 10.4 Å². The largest absolute Gasteiger partial charge is 0.503 e. The number of hydrogen-bond acceptors (Lipinski definition) is 6. The monoisotopic (exact) mass is 366 g/mol. The summed E-state index contributed by atoms with van der Waals surface area (Å²) < 4.78 is 5.18. The maximum absolute atomic E-state index is 12.9. The van der Waals surface area contributed by atoms with Crippen LogP contribution >= 0.6 is 11.3 Å². The van der Waals surface area contributed by atoms with Gasteiger partial charge in [-0.1, -0.05) is 6.07 Å². The first-order valence-corrected chi connectivity index (χ1v) is 8.79. The minimum atomic E-state index is -0.659. The fourth-order valence-electron chi connectivity index (χ4n) is 3.02. The summed E-state index contributed by atoms with van der Waals surface area (Å²) in [5.74, 6) is -1.50. The van der Waals surface area contributed by atoms with E-state index < -0.39 is 23.5 Å². The van der Waals surface area contributed by atoms with Crippen LogP contribution in [0.15, 0.2) is 76.2 Å². The summed E-state index contributed by atoms with van der Waals surface area (Å²) in [4.78, 5) is 31.9. The molecule has 0 radical (unpaired) electrons. The number of aromatic nitrogens is 1. The Kier molecular flexibility index (Phi) is 4.14. The van der Waals surface area contributed by atoms with Crippen LogP contribution in [0.2, 0.25) is 0 Å². The van der Waals surface area contributed by atoms with Gasteiger partial charge in [-0.3, -0.25) is 14.6 Å². The number of aliphatic hydroxyl groups is 1. The summed E-state index contributed by atoms with van der Waals surface area (Å²) in [6.07, 6.45) is 4.66. The van der Waals surface area contributed by atoms with Crippen LogP contribution in [0.3, 0.4) is 0 Å². The summed E-state index contributed by atoms with van der Waals surface area (Å²) in [7, 11) is 0. The number of ketones is 1. The first-order valence-electron chi connectivity index (χ1n) is 7.91. The normalized spacial score (nSPS) is 17.2. The molecule has 0 saturated heterocycles. The van der Waals surface area contributed by atoms with Gasteiger partial charge in [-0.25, -0.2) is 0 Å². The van der Waals surface area contributed by atoms with E-state index in [1.165, 1.54) is 28.6 Å². The van der Waals surface area contributed by atoms with E-state index in [1.54, 1.807) is 30.6 Å². The average Bonchev–Trinajstić information content (AvgIpc) is 3.40. The maximum atomic E-state index is 12.9. The topological polar surface area (TPSA) is 83.6 Å². The van der Waals surface area contributed by atoms with Gasteiger partial charge in [0.25, 0.3) is 5.91 Å². The second-order valence-corrected chi connectivity index (χ2v) is 6.75. The third-order valence-corrected chi connectivity index (χ3v) is 5.13. The van der Waals surface area contributed by atoms with Crippen molar-refractivity contribution in [3.63, 3.8) is 0 Å². The Morgan fingerprint density at radius 1 is 1.23 bits per heavy atom. The minimum absolute atomic E-state index is 0.0430. The summed E-state index contributed by atoms with van der Waals surface area (Å²) in [5, 5.41) is 12.3. The van der Waals surface area contributed by atoms with E-state index in [1.807, 2.05) is 17.5 Å². The highest BCUT2D eigenvalue weighted by atomic mass is 32.1. The number of carbonyl (C=O) groups excluding carboxylic acids is 2. The number of nitrogens with zero attached hydrogens (tertiary/aromatic N) is 2. The Hall–Kier alpha value is -3.19. The van der Waals surface area contributed by atoms with Crippen LogP contribution in [0, 0.1) is 0 Å². The molecule has 0 saturated carbocycles. The summed E-state index contributed by atoms with van der Waals surface area (Å²) in [6.45, 7) is 0.253. The molecule has 7 heteroatoms. The van der Waals surface area contributed by atoms with Gasteiger partial charge >= 0.3 is 0 Å². The molecular formula is C19H14N2O4S. The van der Waals surface area contributed by atoms with Crippen LogP contribution in [0.4, 0.5) is 0 Å². The number of amides is 1. The van der Waals surface area contributed by atoms with Crippen LogP contribution in [-0.2, 0) is 11.3 Å². The highest BCUT2D eigenvalue weighted by Gasteiger charge is 2.44. The summed E-state index contributed by atoms with van der Waals surface area (Å²) >= 11 is 1.42. The van der Waals surface area contributed by atoms with Crippen molar-refractivity contribution in [2.45, 2.75) is 12.6 Å². The molecule has 0 spiro atoms. The molecule has 1 aliphatic heterocycles. The zero-order valence-corrected chi connectivity index (χ0v) is 14.3. The van der Waals surface area contributed by atoms with Gasteiger partial charge in [0, 0.05) is 23.8 Å². The molecule has 1 N–H and O–H groups in total. The average molecular weight is 366 g/mol. The number of rotatable bonds is 5. The Morgan fingerprint density at radius 3 is 2.69 bits per heavy atom. The van der Waals surface area contributed by atoms with Crippen LogP contribution in [0.5, 0.6) is 0 Å². The molecule has 1 amide bonds. The van der Waals surface area contributed by atoms with Gasteiger partial charge in [0.05, 0.1) is 11.8 Å². The third kappa shape index (κ3) is 2.72. The van der Waals surface area contributed by atoms with E-state index in [4.69, 9.17) is 4.42 Å². The number of aliphatic hydroxyl groups excluding tert-OH is 1. The number of furan rings is 1. The van der Waals surface area contributed by atoms with Gasteiger partial charge in [0.15, 0.2) is 11.5 Å². The molecule has 1 unspecified atom stereocenters. The van der Waals surface area contributed by atoms with Gasteiger partial charge in [-0.05, 0) is 41.3 Å². The number of hydrogen-bond donors (Lipinski definition) is 1. The third-order valence-electron chi connectivity index (χ3n) is 4.21. The smallest absolute Gasteiger partial charge is 0.290 e. The Morgan fingerprint density at radius 2 is 2.04 bits per heavy atom. The van der Waals surface area contributed by atoms with Crippen molar-refractivity contribution in [3.8, 4) is 0 Å². The Labute approximate surface area is 153 Å². The molecule has 0 bridgehead atoms. The molecule has 3 aromatic heterocycles. The molecule has 0 aliphatic carbocycles. The van der Waals surface area contributed by atoms with E-state index in [0.29, 0.717) is 0 Å². The van der Waals surface area contributed by atoms with Crippen molar-refractivity contribution in [1.29, 1.82) is 0 Å². The first kappa shape index (κ1) is 16.3. The van der Waals surface area contributed by atoms with E-state index in [9.17, 15) is 14.7 Å². The predicted molar refractivity (Wildman–Crippen MR) is 94.5 cm³/mol. The molecule has 1 atom stereocenters. The summed E-state index contributed by atoms with van der Waals surface area (Å²) in [5.41, 5.74) is 0.899. The zero-order valence-electron chi connectivity index (χ0n) is 13.5. The Bertz CT molecular complexity index is 962. The van der Waals surface area contributed by atoms with Crippen molar-refractivity contribution >= 4 is 23.0 Å². The lowest BCUT2D eigenvalue weighted by Gasteiger charge is -2.25. The fraction of sp³-hybridized carbons (Fsp3) is 0.105. The molecule has 0 aromatic carbocycles. The summed E-state index contributed by atoms with van der Waals surface area (Å²) in [6, 6.07) is 9.73. The van der Waals surface area contributed by atoms with Gasteiger partial charge in [-0.2, -0.15) is 0 Å². The predicted octanol–water partition coefficient (Wildman–Crippen LogP) is 3.51. The van der Waals surface area contributed by atoms with Gasteiger partial charge < -0.3 is 14.4 Å². The molecule has 1 aliphatic rings. The number of pyridine rings is 1. The SMILES string of the molecule is O=C(C1=C(O)C(=O)N(Cc2ccncc2)C1c1cccs1)c1ccco1. The lowest BCUT2D eigenvalue weighted by atomic mass is 10.00. The standard InChI is InChI=1S/C19H14N2O4S/c22-17(13-3-1-9-25-13)15-16(14-4-2-10-26-14)21(19(24)18(15)23)11-12-5-7-20-8-6-12/h1-10,16,23H,11H2. The van der Waals surface area contributed by atoms with Crippen molar-refractivity contribution in [2.75, 3.05) is 0 Å². The van der Waals surface area contributed by atoms with E-state index in [-0.39, 0.29) is 17.9 Å². The van der Waals surface area contributed by atoms with Gasteiger partial charge in [0.2, 0.25) is 5.78 Å². The molecule has 0 fully saturated rings. The minimum Gasteiger partial charge on any atom is -0.503 e. The number of Topliss-reactive ketones (excluding diaryl/α,β-unsaturated/α-hetero) is 1. The highest BCUT2D eigenvalue weighted by molar-refractivity contribution is 7.10. The molecule has 26 heavy (non-hydrogen) atoms. The van der Waals surface area contributed by atoms with Crippen LogP contribution < -0.4 is 0 Å². The zero-order chi connectivity index (χ0) is 18.1. The molecule has 4 rings (SSSR count). The number of thiophene rings is 1. The number of carbonyl (C=O) groups is 2. The van der Waals surface area contributed by atoms with Crippen LogP contribution in [0.25, 0.3) is 0 Å². The first-order chi connectivity index (χ1) is 12.7. The second kappa shape index (κ2) is 6.61. The maximum Gasteiger partial charge on any atom is 0.290 e. The fourth-order valence-corrected chi connectivity index (χ4v) is 3.86. The lowest BCUT2D eigenvalue weighted by molar-refractivity contribution is -0.130. The lowest BCUT2D eigenvalue weighted by Crippen LogP contribution is -2.30.